The van der Waals surface area contributed by atoms with Gasteiger partial charge < -0.3 is 4.74 Å². The van der Waals surface area contributed by atoms with E-state index in [1.165, 1.54) is 24.3 Å². The highest BCUT2D eigenvalue weighted by Gasteiger charge is 2.10. The number of benzene rings is 1. The van der Waals surface area contributed by atoms with Crippen molar-refractivity contribution in [3.63, 3.8) is 0 Å². The molecule has 1 atom stereocenters. The fraction of sp³-hybridized carbons (Fsp3) is 0.273. The van der Waals surface area contributed by atoms with Gasteiger partial charge in [-0.1, -0.05) is 11.6 Å². The molecule has 100 valence electrons. The number of hydrogen-bond donors (Lipinski definition) is 1. The second-order valence-corrected chi connectivity index (χ2v) is 5.97. The van der Waals surface area contributed by atoms with Crippen LogP contribution in [0.1, 0.15) is 0 Å². The Kier molecular flexibility index (Phi) is 5.13. The molecule has 18 heavy (non-hydrogen) atoms. The Morgan fingerprint density at radius 3 is 2.72 bits per heavy atom. The lowest BCUT2D eigenvalue weighted by molar-refractivity contribution is 0.358. The third kappa shape index (κ3) is 4.64. The highest BCUT2D eigenvalue weighted by atomic mass is 35.5. The van der Waals surface area contributed by atoms with Crippen molar-refractivity contribution in [2.45, 2.75) is 11.2 Å². The van der Waals surface area contributed by atoms with Gasteiger partial charge in [-0.25, -0.2) is 12.8 Å². The summed E-state index contributed by atoms with van der Waals surface area (Å²) in [5.74, 6) is 0.321. The van der Waals surface area contributed by atoms with Crippen molar-refractivity contribution in [1.82, 2.24) is 0 Å². The van der Waals surface area contributed by atoms with Gasteiger partial charge in [0.2, 0.25) is 0 Å². The Morgan fingerprint density at radius 1 is 1.56 bits per heavy atom. The van der Waals surface area contributed by atoms with Gasteiger partial charge in [0.05, 0.1) is 9.92 Å². The summed E-state index contributed by atoms with van der Waals surface area (Å²) in [6.45, 7) is 0.0928. The molecule has 0 saturated carbocycles. The van der Waals surface area contributed by atoms with Crippen LogP contribution in [0.3, 0.4) is 0 Å². The molecule has 7 heteroatoms. The van der Waals surface area contributed by atoms with Gasteiger partial charge in [0.15, 0.2) is 16.1 Å². The topological polar surface area (TPSA) is 69.4 Å². The van der Waals surface area contributed by atoms with Crippen LogP contribution in [0.4, 0.5) is 4.39 Å². The third-order valence-electron chi connectivity index (χ3n) is 1.99. The zero-order valence-electron chi connectivity index (χ0n) is 9.64. The summed E-state index contributed by atoms with van der Waals surface area (Å²) < 4.78 is 40.0. The van der Waals surface area contributed by atoms with Gasteiger partial charge in [-0.15, -0.1) is 0 Å². The minimum Gasteiger partial charge on any atom is -0.488 e. The minimum absolute atomic E-state index is 0.0928. The van der Waals surface area contributed by atoms with E-state index < -0.39 is 16.1 Å². The summed E-state index contributed by atoms with van der Waals surface area (Å²) in [5.41, 5.74) is 4.87. The van der Waals surface area contributed by atoms with Crippen LogP contribution in [0, 0.1) is 0 Å². The molecule has 0 spiro atoms. The number of nitrogens with two attached hydrogens (primary N) is 1. The molecule has 0 saturated heterocycles. The van der Waals surface area contributed by atoms with E-state index in [2.05, 4.69) is 0 Å². The molecule has 1 unspecified atom stereocenters. The zero-order chi connectivity index (χ0) is 13.8. The average Bonchev–Trinajstić information content (AvgIpc) is 2.24. The second-order valence-electron chi connectivity index (χ2n) is 3.55. The molecular formula is C11H13ClFNO3S. The maximum Gasteiger partial charge on any atom is 0.175 e. The fourth-order valence-corrected chi connectivity index (χ4v) is 2.10. The molecule has 0 aliphatic rings. The van der Waals surface area contributed by atoms with Gasteiger partial charge >= 0.3 is 0 Å². The predicted molar refractivity (Wildman–Crippen MR) is 68.3 cm³/mol. The highest BCUT2D eigenvalue weighted by Crippen LogP contribution is 2.27. The van der Waals surface area contributed by atoms with Crippen molar-refractivity contribution < 1.29 is 17.5 Å². The molecule has 0 amide bonds. The first-order valence-corrected chi connectivity index (χ1v) is 7.26. The first kappa shape index (κ1) is 14.9. The van der Waals surface area contributed by atoms with E-state index in [-0.39, 0.29) is 16.5 Å². The first-order valence-electron chi connectivity index (χ1n) is 4.99. The number of alkyl halides is 1. The van der Waals surface area contributed by atoms with E-state index in [1.54, 1.807) is 0 Å². The smallest absolute Gasteiger partial charge is 0.175 e. The fourth-order valence-electron chi connectivity index (χ4n) is 1.15. The van der Waals surface area contributed by atoms with Crippen molar-refractivity contribution in [2.75, 3.05) is 12.9 Å². The second kappa shape index (κ2) is 6.17. The lowest BCUT2D eigenvalue weighted by Crippen LogP contribution is -2.09. The number of sulfone groups is 1. The monoisotopic (exact) mass is 293 g/mol. The van der Waals surface area contributed by atoms with Crippen molar-refractivity contribution in [3.8, 4) is 5.75 Å². The van der Waals surface area contributed by atoms with Gasteiger partial charge in [-0.2, -0.15) is 0 Å². The number of rotatable bonds is 5. The molecule has 2 N–H and O–H groups in total. The Bertz CT molecular complexity index is 543. The van der Waals surface area contributed by atoms with Crippen LogP contribution >= 0.6 is 11.6 Å². The van der Waals surface area contributed by atoms with E-state index in [1.807, 2.05) is 0 Å². The quantitative estimate of drug-likeness (QED) is 0.665. The summed E-state index contributed by atoms with van der Waals surface area (Å²) in [4.78, 5) is 0.112. The molecule has 0 aromatic heterocycles. The van der Waals surface area contributed by atoms with Crippen molar-refractivity contribution in [2.24, 2.45) is 5.73 Å². The van der Waals surface area contributed by atoms with E-state index in [0.29, 0.717) is 5.75 Å². The highest BCUT2D eigenvalue weighted by molar-refractivity contribution is 7.90. The molecule has 0 aliphatic heterocycles. The van der Waals surface area contributed by atoms with Gasteiger partial charge in [-0.3, -0.25) is 5.73 Å². The normalized spacial score (nSPS) is 13.8. The molecular weight excluding hydrogens is 281 g/mol. The molecule has 0 fully saturated rings. The molecule has 0 bridgehead atoms. The van der Waals surface area contributed by atoms with Crippen LogP contribution in [0.5, 0.6) is 5.75 Å². The Morgan fingerprint density at radius 2 is 2.22 bits per heavy atom. The van der Waals surface area contributed by atoms with Crippen LogP contribution in [-0.4, -0.2) is 27.6 Å². The Labute approximate surface area is 110 Å². The van der Waals surface area contributed by atoms with Gasteiger partial charge in [0.25, 0.3) is 0 Å². The SMILES string of the molecule is CS(=O)(=O)c1ccc(OC/C=C/C(N)F)c(Cl)c1. The predicted octanol–water partition coefficient (Wildman–Crippen LogP) is 1.93. The average molecular weight is 294 g/mol. The summed E-state index contributed by atoms with van der Waals surface area (Å²) in [7, 11) is -3.30. The Hall–Kier alpha value is -1.11. The van der Waals surface area contributed by atoms with E-state index in [9.17, 15) is 12.8 Å². The van der Waals surface area contributed by atoms with Crippen LogP contribution in [0.2, 0.25) is 5.02 Å². The lowest BCUT2D eigenvalue weighted by atomic mass is 10.3. The molecule has 4 nitrogen and oxygen atoms in total. The third-order valence-corrected chi connectivity index (χ3v) is 3.39. The van der Waals surface area contributed by atoms with Crippen LogP contribution in [-0.2, 0) is 9.84 Å². The summed E-state index contributed by atoms with van der Waals surface area (Å²) >= 11 is 5.86. The van der Waals surface area contributed by atoms with Crippen molar-refractivity contribution in [3.05, 3.63) is 35.4 Å². The molecule has 0 radical (unpaired) electrons. The van der Waals surface area contributed by atoms with Gasteiger partial charge in [0.1, 0.15) is 12.4 Å². The van der Waals surface area contributed by atoms with Crippen LogP contribution in [0.25, 0.3) is 0 Å². The summed E-state index contributed by atoms with van der Waals surface area (Å²) in [6.07, 6.45) is 2.10. The molecule has 1 aromatic carbocycles. The van der Waals surface area contributed by atoms with Crippen molar-refractivity contribution in [1.29, 1.82) is 0 Å². The summed E-state index contributed by atoms with van der Waals surface area (Å²) in [5, 5.41) is 0.177. The van der Waals surface area contributed by atoms with E-state index in [4.69, 9.17) is 22.1 Å². The molecule has 0 aliphatic carbocycles. The molecule has 1 rings (SSSR count). The van der Waals surface area contributed by atoms with Crippen LogP contribution in [0.15, 0.2) is 35.2 Å². The zero-order valence-corrected chi connectivity index (χ0v) is 11.2. The molecule has 1 aromatic rings. The standard InChI is InChI=1S/C11H13ClFNO3S/c1-18(15,16)8-4-5-10(9(12)7-8)17-6-2-3-11(13)14/h2-5,7,11H,6,14H2,1H3/b3-2+. The van der Waals surface area contributed by atoms with E-state index >= 15 is 0 Å². The lowest BCUT2D eigenvalue weighted by Gasteiger charge is -2.07. The van der Waals surface area contributed by atoms with Gasteiger partial charge in [-0.05, 0) is 30.4 Å². The maximum absolute atomic E-state index is 12.2. The Balaban J connectivity index is 2.75. The number of hydrogen-bond acceptors (Lipinski definition) is 4. The molecule has 0 heterocycles. The minimum atomic E-state index is -3.30. The first-order chi connectivity index (χ1) is 8.30. The summed E-state index contributed by atoms with van der Waals surface area (Å²) in [6, 6.07) is 4.14. The number of ether oxygens (including phenoxy) is 1. The van der Waals surface area contributed by atoms with Gasteiger partial charge in [0, 0.05) is 6.26 Å². The number of halogens is 2. The maximum atomic E-state index is 12.2. The van der Waals surface area contributed by atoms with E-state index in [0.717, 1.165) is 12.3 Å². The largest absolute Gasteiger partial charge is 0.488 e. The van der Waals surface area contributed by atoms with Crippen molar-refractivity contribution >= 4 is 21.4 Å². The van der Waals surface area contributed by atoms with Crippen LogP contribution < -0.4 is 10.5 Å².